The highest BCUT2D eigenvalue weighted by Gasteiger charge is 2.13. The van der Waals surface area contributed by atoms with Crippen LogP contribution in [0.4, 0.5) is 5.82 Å². The van der Waals surface area contributed by atoms with Gasteiger partial charge in [-0.1, -0.05) is 0 Å². The van der Waals surface area contributed by atoms with Crippen LogP contribution in [0.2, 0.25) is 0 Å². The highest BCUT2D eigenvalue weighted by molar-refractivity contribution is 7.31. The SMILES string of the molecule is c1coc(CNc2ncnc3c2sc2ncsc23)c1. The predicted octanol–water partition coefficient (Wildman–Crippen LogP) is 3.51. The smallest absolute Gasteiger partial charge is 0.147 e. The van der Waals surface area contributed by atoms with Crippen LogP contribution in [0.15, 0.2) is 34.7 Å². The van der Waals surface area contributed by atoms with Crippen molar-refractivity contribution in [3.8, 4) is 0 Å². The lowest BCUT2D eigenvalue weighted by Gasteiger charge is -2.03. The van der Waals surface area contributed by atoms with Gasteiger partial charge in [0.2, 0.25) is 0 Å². The molecule has 0 saturated heterocycles. The lowest BCUT2D eigenvalue weighted by Crippen LogP contribution is -2.00. The van der Waals surface area contributed by atoms with E-state index < -0.39 is 0 Å². The molecule has 4 rings (SSSR count). The van der Waals surface area contributed by atoms with Gasteiger partial charge in [-0.3, -0.25) is 0 Å². The molecule has 0 aromatic carbocycles. The largest absolute Gasteiger partial charge is 0.467 e. The van der Waals surface area contributed by atoms with Gasteiger partial charge in [-0.2, -0.15) is 0 Å². The summed E-state index contributed by atoms with van der Waals surface area (Å²) in [5.74, 6) is 1.71. The highest BCUT2D eigenvalue weighted by Crippen LogP contribution is 2.37. The number of aromatic nitrogens is 3. The molecule has 0 unspecified atom stereocenters. The first-order valence-corrected chi connectivity index (χ1v) is 7.34. The molecule has 4 aromatic rings. The van der Waals surface area contributed by atoms with Crippen LogP contribution < -0.4 is 5.32 Å². The van der Waals surface area contributed by atoms with Gasteiger partial charge in [0, 0.05) is 0 Å². The van der Waals surface area contributed by atoms with Gasteiger partial charge in [0.15, 0.2) is 0 Å². The van der Waals surface area contributed by atoms with Crippen molar-refractivity contribution in [2.75, 3.05) is 5.32 Å². The minimum Gasteiger partial charge on any atom is -0.467 e. The van der Waals surface area contributed by atoms with Crippen LogP contribution in [-0.2, 0) is 6.54 Å². The zero-order valence-electron chi connectivity index (χ0n) is 9.66. The molecule has 5 nitrogen and oxygen atoms in total. The molecule has 0 saturated carbocycles. The van der Waals surface area contributed by atoms with Gasteiger partial charge in [0.05, 0.1) is 27.7 Å². The lowest BCUT2D eigenvalue weighted by atomic mass is 10.4. The zero-order chi connectivity index (χ0) is 12.7. The molecule has 0 spiro atoms. The summed E-state index contributed by atoms with van der Waals surface area (Å²) < 4.78 is 7.47. The molecule has 0 aliphatic heterocycles. The molecule has 0 amide bonds. The first-order chi connectivity index (χ1) is 9.42. The van der Waals surface area contributed by atoms with Crippen LogP contribution in [0.5, 0.6) is 0 Å². The molecule has 1 N–H and O–H groups in total. The molecule has 0 bridgehead atoms. The Labute approximate surface area is 116 Å². The minimum absolute atomic E-state index is 0.609. The van der Waals surface area contributed by atoms with E-state index >= 15 is 0 Å². The maximum atomic E-state index is 5.30. The van der Waals surface area contributed by atoms with Crippen LogP contribution in [0, 0.1) is 0 Å². The minimum atomic E-state index is 0.609. The van der Waals surface area contributed by atoms with E-state index in [1.54, 1.807) is 35.3 Å². The number of thiophene rings is 1. The van der Waals surface area contributed by atoms with Crippen molar-refractivity contribution in [3.05, 3.63) is 36.0 Å². The summed E-state index contributed by atoms with van der Waals surface area (Å²) in [7, 11) is 0. The Bertz CT molecular complexity index is 834. The molecule has 0 atom stereocenters. The number of fused-ring (bicyclic) bond motifs is 3. The Balaban J connectivity index is 1.76. The van der Waals surface area contributed by atoms with Gasteiger partial charge in [-0.15, -0.1) is 22.7 Å². The number of furan rings is 1. The maximum absolute atomic E-state index is 5.30. The van der Waals surface area contributed by atoms with Crippen LogP contribution in [0.3, 0.4) is 0 Å². The molecular weight excluding hydrogens is 280 g/mol. The van der Waals surface area contributed by atoms with Gasteiger partial charge in [0.25, 0.3) is 0 Å². The number of thiazole rings is 1. The standard InChI is InChI=1S/C12H8N4OS2/c1-2-7(17-3-1)4-13-11-9-8(14-5-15-11)10-12(19-9)16-6-18-10/h1-3,5-6H,4H2,(H,13,14,15). The molecule has 4 aromatic heterocycles. The second-order valence-electron chi connectivity index (χ2n) is 3.92. The van der Waals surface area contributed by atoms with Crippen LogP contribution in [0.25, 0.3) is 19.7 Å². The first-order valence-electron chi connectivity index (χ1n) is 5.65. The summed E-state index contributed by atoms with van der Waals surface area (Å²) in [6, 6.07) is 3.80. The van der Waals surface area contributed by atoms with E-state index in [0.29, 0.717) is 6.54 Å². The summed E-state index contributed by atoms with van der Waals surface area (Å²) in [6.45, 7) is 0.609. The molecule has 0 fully saturated rings. The second-order valence-corrected chi connectivity index (χ2v) is 5.78. The first kappa shape index (κ1) is 10.9. The van der Waals surface area contributed by atoms with E-state index in [4.69, 9.17) is 4.42 Å². The molecule has 0 aliphatic carbocycles. The van der Waals surface area contributed by atoms with Gasteiger partial charge in [-0.25, -0.2) is 15.0 Å². The average molecular weight is 288 g/mol. The van der Waals surface area contributed by atoms with E-state index in [2.05, 4.69) is 20.3 Å². The summed E-state index contributed by atoms with van der Waals surface area (Å²) >= 11 is 3.22. The second kappa shape index (κ2) is 4.29. The van der Waals surface area contributed by atoms with Crippen molar-refractivity contribution < 1.29 is 4.42 Å². The molecule has 0 radical (unpaired) electrons. The number of rotatable bonds is 3. The van der Waals surface area contributed by atoms with Crippen molar-refractivity contribution in [1.82, 2.24) is 15.0 Å². The average Bonchev–Trinajstić information content (AvgIpc) is 3.13. The lowest BCUT2D eigenvalue weighted by molar-refractivity contribution is 0.518. The van der Waals surface area contributed by atoms with Crippen LogP contribution in [0.1, 0.15) is 5.76 Å². The highest BCUT2D eigenvalue weighted by atomic mass is 32.1. The van der Waals surface area contributed by atoms with Gasteiger partial charge < -0.3 is 9.73 Å². The Morgan fingerprint density at radius 3 is 3.11 bits per heavy atom. The van der Waals surface area contributed by atoms with E-state index in [0.717, 1.165) is 31.3 Å². The quantitative estimate of drug-likeness (QED) is 0.625. The fourth-order valence-corrected chi connectivity index (χ4v) is 3.95. The fourth-order valence-electron chi connectivity index (χ4n) is 1.90. The summed E-state index contributed by atoms with van der Waals surface area (Å²) in [5, 5.41) is 3.28. The summed E-state index contributed by atoms with van der Waals surface area (Å²) in [5.41, 5.74) is 2.82. The third-order valence-electron chi connectivity index (χ3n) is 2.76. The monoisotopic (exact) mass is 288 g/mol. The Morgan fingerprint density at radius 2 is 2.21 bits per heavy atom. The third-order valence-corrected chi connectivity index (χ3v) is 4.82. The van der Waals surface area contributed by atoms with Crippen molar-refractivity contribution in [2.24, 2.45) is 0 Å². The normalized spacial score (nSPS) is 11.4. The Kier molecular flexibility index (Phi) is 2.46. The third kappa shape index (κ3) is 1.78. The number of anilines is 1. The van der Waals surface area contributed by atoms with E-state index in [-0.39, 0.29) is 0 Å². The zero-order valence-corrected chi connectivity index (χ0v) is 11.3. The number of hydrogen-bond acceptors (Lipinski definition) is 7. The molecule has 4 heterocycles. The molecule has 94 valence electrons. The number of nitrogens with one attached hydrogen (secondary N) is 1. The molecule has 19 heavy (non-hydrogen) atoms. The maximum Gasteiger partial charge on any atom is 0.147 e. The topological polar surface area (TPSA) is 63.8 Å². The predicted molar refractivity (Wildman–Crippen MR) is 76.6 cm³/mol. The number of nitrogens with zero attached hydrogens (tertiary/aromatic N) is 3. The van der Waals surface area contributed by atoms with E-state index in [1.165, 1.54) is 0 Å². The molecule has 7 heteroatoms. The van der Waals surface area contributed by atoms with Crippen LogP contribution >= 0.6 is 22.7 Å². The van der Waals surface area contributed by atoms with Crippen molar-refractivity contribution in [1.29, 1.82) is 0 Å². The van der Waals surface area contributed by atoms with Crippen LogP contribution in [-0.4, -0.2) is 15.0 Å². The molecular formula is C12H8N4OS2. The van der Waals surface area contributed by atoms with Gasteiger partial charge in [0.1, 0.15) is 28.3 Å². The van der Waals surface area contributed by atoms with E-state index in [1.807, 2.05) is 17.6 Å². The Hall–Kier alpha value is -1.99. The Morgan fingerprint density at radius 1 is 1.21 bits per heavy atom. The van der Waals surface area contributed by atoms with Crippen molar-refractivity contribution in [3.63, 3.8) is 0 Å². The van der Waals surface area contributed by atoms with Gasteiger partial charge >= 0.3 is 0 Å². The molecule has 0 aliphatic rings. The summed E-state index contributed by atoms with van der Waals surface area (Å²) in [4.78, 5) is 14.0. The van der Waals surface area contributed by atoms with Crippen molar-refractivity contribution in [2.45, 2.75) is 6.54 Å². The van der Waals surface area contributed by atoms with Gasteiger partial charge in [-0.05, 0) is 12.1 Å². The van der Waals surface area contributed by atoms with Crippen molar-refractivity contribution >= 4 is 48.2 Å². The van der Waals surface area contributed by atoms with E-state index in [9.17, 15) is 0 Å². The number of hydrogen-bond donors (Lipinski definition) is 1. The summed E-state index contributed by atoms with van der Waals surface area (Å²) in [6.07, 6.45) is 3.25. The fraction of sp³-hybridized carbons (Fsp3) is 0.0833.